The summed E-state index contributed by atoms with van der Waals surface area (Å²) in [7, 11) is 0. The number of hydrogen-bond donors (Lipinski definition) is 0. The van der Waals surface area contributed by atoms with Crippen molar-refractivity contribution >= 4 is 49.6 Å². The zero-order chi connectivity index (χ0) is 44.1. The molecule has 0 unspecified atom stereocenters. The molecule has 1 aromatic heterocycles. The Morgan fingerprint density at radius 3 is 1.55 bits per heavy atom. The fourth-order valence-corrected chi connectivity index (χ4v) is 11.8. The smallest absolute Gasteiger partial charge is 0.0726 e. The second kappa shape index (κ2) is 14.7. The standard InChI is InChI=1S/C65H42N2/c1-2-19-46(20-3-1)67-63-32-15-10-26-56(63)57-41-45(35-40-64(57)67)51-22-9-14-31-62(51)66(47-36-33-44(34-37-47)50-27-16-18-43-17-4-5-21-49(43)50)48-38-39-55-54-25-8-13-30-60(54)65(61(55)42-48)58-28-11-6-23-52(58)53-24-7-12-29-59(53)65/h1-42H. The molecule has 12 aromatic rings. The molecule has 0 aliphatic heterocycles. The van der Waals surface area contributed by atoms with Gasteiger partial charge in [-0.05, 0) is 133 Å². The SMILES string of the molecule is c1ccc(-n2c3ccccc3c3cc(-c4ccccc4N(c4ccc(-c5cccc6ccccc56)cc4)c4ccc5c(c4)C4(c6ccccc6-c6ccccc64)c4ccccc4-5)ccc32)cc1. The number of para-hydroxylation sites is 3. The van der Waals surface area contributed by atoms with Gasteiger partial charge in [0.2, 0.25) is 0 Å². The molecule has 312 valence electrons. The molecule has 2 nitrogen and oxygen atoms in total. The van der Waals surface area contributed by atoms with E-state index in [9.17, 15) is 0 Å². The van der Waals surface area contributed by atoms with Crippen LogP contribution in [0.3, 0.4) is 0 Å². The van der Waals surface area contributed by atoms with Crippen LogP contribution < -0.4 is 4.90 Å². The fraction of sp³-hybridized carbons (Fsp3) is 0.0154. The molecule has 1 heterocycles. The molecule has 0 saturated carbocycles. The van der Waals surface area contributed by atoms with Crippen molar-refractivity contribution < 1.29 is 0 Å². The van der Waals surface area contributed by atoms with Crippen molar-refractivity contribution in [2.75, 3.05) is 4.90 Å². The highest BCUT2D eigenvalue weighted by atomic mass is 15.1. The van der Waals surface area contributed by atoms with E-state index >= 15 is 0 Å². The van der Waals surface area contributed by atoms with Crippen molar-refractivity contribution in [2.45, 2.75) is 5.41 Å². The van der Waals surface area contributed by atoms with Crippen LogP contribution in [0.1, 0.15) is 22.3 Å². The van der Waals surface area contributed by atoms with Gasteiger partial charge in [-0.15, -0.1) is 0 Å². The van der Waals surface area contributed by atoms with Gasteiger partial charge >= 0.3 is 0 Å². The van der Waals surface area contributed by atoms with Crippen LogP contribution in [-0.2, 0) is 5.41 Å². The number of anilines is 3. The summed E-state index contributed by atoms with van der Waals surface area (Å²) in [4.78, 5) is 2.49. The molecule has 2 aliphatic rings. The highest BCUT2D eigenvalue weighted by Crippen LogP contribution is 2.63. The van der Waals surface area contributed by atoms with Crippen molar-refractivity contribution in [1.29, 1.82) is 0 Å². The second-order valence-corrected chi connectivity index (χ2v) is 18.0. The third-order valence-corrected chi connectivity index (χ3v) is 14.6. The van der Waals surface area contributed by atoms with Crippen molar-refractivity contribution in [1.82, 2.24) is 4.57 Å². The first-order chi connectivity index (χ1) is 33.3. The first kappa shape index (κ1) is 37.6. The van der Waals surface area contributed by atoms with Gasteiger partial charge in [0.05, 0.1) is 22.1 Å². The summed E-state index contributed by atoms with van der Waals surface area (Å²) in [5, 5.41) is 4.96. The fourth-order valence-electron chi connectivity index (χ4n) is 11.8. The highest BCUT2D eigenvalue weighted by molar-refractivity contribution is 6.11. The van der Waals surface area contributed by atoms with E-state index in [2.05, 4.69) is 264 Å². The molecular formula is C65H42N2. The maximum atomic E-state index is 2.50. The molecule has 2 heteroatoms. The lowest BCUT2D eigenvalue weighted by molar-refractivity contribution is 0.793. The van der Waals surface area contributed by atoms with Gasteiger partial charge in [-0.25, -0.2) is 0 Å². The van der Waals surface area contributed by atoms with E-state index in [1.165, 1.54) is 93.8 Å². The molecule has 0 atom stereocenters. The molecule has 0 radical (unpaired) electrons. The normalized spacial score (nSPS) is 12.9. The third kappa shape index (κ3) is 5.45. The maximum absolute atomic E-state index is 2.50. The average molecular weight is 851 g/mol. The van der Waals surface area contributed by atoms with Gasteiger partial charge < -0.3 is 9.47 Å². The Hall–Kier alpha value is -8.72. The minimum atomic E-state index is -0.462. The average Bonchev–Trinajstić information content (AvgIpc) is 4.01. The van der Waals surface area contributed by atoms with Crippen molar-refractivity contribution in [3.8, 4) is 50.2 Å². The molecule has 0 N–H and O–H groups in total. The predicted octanol–water partition coefficient (Wildman–Crippen LogP) is 17.1. The molecule has 0 bridgehead atoms. The summed E-state index contributed by atoms with van der Waals surface area (Å²) in [5.74, 6) is 0. The third-order valence-electron chi connectivity index (χ3n) is 14.6. The number of aromatic nitrogens is 1. The van der Waals surface area contributed by atoms with E-state index in [-0.39, 0.29) is 0 Å². The van der Waals surface area contributed by atoms with Crippen molar-refractivity contribution in [3.05, 3.63) is 277 Å². The molecular weight excluding hydrogens is 809 g/mol. The molecule has 0 fully saturated rings. The second-order valence-electron chi connectivity index (χ2n) is 18.0. The van der Waals surface area contributed by atoms with Crippen molar-refractivity contribution in [2.24, 2.45) is 0 Å². The van der Waals surface area contributed by atoms with Gasteiger partial charge in [0, 0.05) is 33.4 Å². The minimum Gasteiger partial charge on any atom is -0.310 e. The minimum absolute atomic E-state index is 0.462. The molecule has 0 saturated heterocycles. The molecule has 14 rings (SSSR count). The van der Waals surface area contributed by atoms with E-state index in [4.69, 9.17) is 0 Å². The van der Waals surface area contributed by atoms with Crippen LogP contribution in [0.15, 0.2) is 255 Å². The Bertz CT molecular complexity index is 3860. The molecule has 1 spiro atoms. The monoisotopic (exact) mass is 850 g/mol. The summed E-state index contributed by atoms with van der Waals surface area (Å²) < 4.78 is 2.39. The van der Waals surface area contributed by atoms with E-state index in [0.717, 1.165) is 28.3 Å². The van der Waals surface area contributed by atoms with Crippen LogP contribution in [0.5, 0.6) is 0 Å². The van der Waals surface area contributed by atoms with Crippen LogP contribution in [-0.4, -0.2) is 4.57 Å². The number of benzene rings is 11. The van der Waals surface area contributed by atoms with E-state index in [1.807, 2.05) is 0 Å². The molecule has 0 amide bonds. The topological polar surface area (TPSA) is 8.17 Å². The number of rotatable bonds is 6. The lowest BCUT2D eigenvalue weighted by Gasteiger charge is -2.32. The lowest BCUT2D eigenvalue weighted by Crippen LogP contribution is -2.26. The van der Waals surface area contributed by atoms with Gasteiger partial charge in [-0.3, -0.25) is 0 Å². The first-order valence-electron chi connectivity index (χ1n) is 23.3. The molecule has 67 heavy (non-hydrogen) atoms. The van der Waals surface area contributed by atoms with E-state index in [1.54, 1.807) is 0 Å². The van der Waals surface area contributed by atoms with Crippen LogP contribution in [0.2, 0.25) is 0 Å². The Balaban J connectivity index is 0.999. The maximum Gasteiger partial charge on any atom is 0.0726 e. The number of hydrogen-bond acceptors (Lipinski definition) is 1. The van der Waals surface area contributed by atoms with E-state index < -0.39 is 5.41 Å². The van der Waals surface area contributed by atoms with Crippen LogP contribution in [0, 0.1) is 0 Å². The zero-order valence-electron chi connectivity index (χ0n) is 36.6. The largest absolute Gasteiger partial charge is 0.310 e. The Morgan fingerprint density at radius 1 is 0.299 bits per heavy atom. The zero-order valence-corrected chi connectivity index (χ0v) is 36.6. The summed E-state index contributed by atoms with van der Waals surface area (Å²) in [6.07, 6.45) is 0. The predicted molar refractivity (Wildman–Crippen MR) is 280 cm³/mol. The van der Waals surface area contributed by atoms with Crippen LogP contribution in [0.25, 0.3) is 82.8 Å². The van der Waals surface area contributed by atoms with E-state index in [0.29, 0.717) is 0 Å². The van der Waals surface area contributed by atoms with Crippen LogP contribution in [0.4, 0.5) is 17.1 Å². The highest BCUT2D eigenvalue weighted by Gasteiger charge is 2.51. The quantitative estimate of drug-likeness (QED) is 0.162. The lowest BCUT2D eigenvalue weighted by atomic mass is 9.70. The summed E-state index contributed by atoms with van der Waals surface area (Å²) >= 11 is 0. The summed E-state index contributed by atoms with van der Waals surface area (Å²) in [5.41, 5.74) is 21.7. The van der Waals surface area contributed by atoms with Gasteiger partial charge in [0.25, 0.3) is 0 Å². The molecule has 2 aliphatic carbocycles. The van der Waals surface area contributed by atoms with Crippen molar-refractivity contribution in [3.63, 3.8) is 0 Å². The summed E-state index contributed by atoms with van der Waals surface area (Å²) in [6.45, 7) is 0. The van der Waals surface area contributed by atoms with Crippen LogP contribution >= 0.6 is 0 Å². The van der Waals surface area contributed by atoms with Gasteiger partial charge in [-0.1, -0.05) is 194 Å². The summed E-state index contributed by atoms with van der Waals surface area (Å²) in [6, 6.07) is 94.4. The Kier molecular flexibility index (Phi) is 8.23. The first-order valence-corrected chi connectivity index (χ1v) is 23.3. The Labute approximate surface area is 389 Å². The van der Waals surface area contributed by atoms with Gasteiger partial charge in [0.15, 0.2) is 0 Å². The van der Waals surface area contributed by atoms with Gasteiger partial charge in [-0.2, -0.15) is 0 Å². The number of nitrogens with zero attached hydrogens (tertiary/aromatic N) is 2. The number of fused-ring (bicyclic) bond motifs is 14. The Morgan fingerprint density at radius 2 is 0.821 bits per heavy atom. The van der Waals surface area contributed by atoms with Gasteiger partial charge in [0.1, 0.15) is 0 Å². The molecule has 11 aromatic carbocycles.